The average molecular weight is 293 g/mol. The van der Waals surface area contributed by atoms with Gasteiger partial charge in [0.25, 0.3) is 0 Å². The first-order valence-electron chi connectivity index (χ1n) is 7.80. The van der Waals surface area contributed by atoms with Crippen LogP contribution in [0.1, 0.15) is 33.6 Å². The molecule has 0 radical (unpaired) electrons. The van der Waals surface area contributed by atoms with Crippen LogP contribution in [0.4, 0.5) is 11.5 Å². The molecule has 5 nitrogen and oxygen atoms in total. The second-order valence-corrected chi connectivity index (χ2v) is 6.18. The summed E-state index contributed by atoms with van der Waals surface area (Å²) >= 11 is 0. The van der Waals surface area contributed by atoms with E-state index in [4.69, 9.17) is 15.2 Å². The summed E-state index contributed by atoms with van der Waals surface area (Å²) in [6.45, 7) is 8.74. The Labute approximate surface area is 127 Å². The number of hydrogen-bond donors (Lipinski definition) is 2. The van der Waals surface area contributed by atoms with Gasteiger partial charge in [-0.15, -0.1) is 0 Å². The Bertz CT molecular complexity index is 445. The number of nitrogens with two attached hydrogens (primary N) is 1. The quantitative estimate of drug-likeness (QED) is 0.844. The average Bonchev–Trinajstić information content (AvgIpc) is 2.48. The van der Waals surface area contributed by atoms with Crippen LogP contribution in [-0.4, -0.2) is 30.8 Å². The summed E-state index contributed by atoms with van der Waals surface area (Å²) in [5, 5.41) is 3.46. The topological polar surface area (TPSA) is 69.4 Å². The zero-order valence-corrected chi connectivity index (χ0v) is 13.3. The van der Waals surface area contributed by atoms with E-state index in [1.54, 1.807) is 0 Å². The molecule has 1 fully saturated rings. The second kappa shape index (κ2) is 7.50. The summed E-state index contributed by atoms with van der Waals surface area (Å²) in [5.74, 6) is 2.41. The fraction of sp³-hybridized carbons (Fsp3) is 0.688. The van der Waals surface area contributed by atoms with Gasteiger partial charge in [0.2, 0.25) is 5.88 Å². The molecule has 1 aromatic rings. The maximum absolute atomic E-state index is 5.92. The predicted molar refractivity (Wildman–Crippen MR) is 85.6 cm³/mol. The van der Waals surface area contributed by atoms with Crippen molar-refractivity contribution in [2.24, 2.45) is 11.8 Å². The first-order valence-corrected chi connectivity index (χ1v) is 7.80. The van der Waals surface area contributed by atoms with E-state index >= 15 is 0 Å². The summed E-state index contributed by atoms with van der Waals surface area (Å²) in [5.41, 5.74) is 6.50. The molecule has 0 amide bonds. The van der Waals surface area contributed by atoms with Gasteiger partial charge in [-0.1, -0.05) is 13.8 Å². The van der Waals surface area contributed by atoms with Crippen molar-refractivity contribution in [1.29, 1.82) is 0 Å². The van der Waals surface area contributed by atoms with E-state index in [0.29, 0.717) is 36.1 Å². The van der Waals surface area contributed by atoms with Crippen molar-refractivity contribution in [2.75, 3.05) is 30.9 Å². The van der Waals surface area contributed by atoms with Crippen LogP contribution < -0.4 is 15.8 Å². The molecule has 0 aliphatic carbocycles. The number of anilines is 2. The molecule has 1 aromatic heterocycles. The monoisotopic (exact) mass is 293 g/mol. The van der Waals surface area contributed by atoms with Gasteiger partial charge in [0, 0.05) is 19.3 Å². The number of ether oxygens (including phenoxy) is 2. The fourth-order valence-electron chi connectivity index (χ4n) is 2.46. The van der Waals surface area contributed by atoms with Crippen LogP contribution >= 0.6 is 0 Å². The summed E-state index contributed by atoms with van der Waals surface area (Å²) in [6.07, 6.45) is 2.19. The Balaban J connectivity index is 1.97. The molecule has 0 bridgehead atoms. The minimum absolute atomic E-state index is 0.364. The van der Waals surface area contributed by atoms with Gasteiger partial charge in [-0.25, -0.2) is 0 Å². The van der Waals surface area contributed by atoms with Crippen LogP contribution in [0.2, 0.25) is 0 Å². The molecule has 1 aliphatic heterocycles. The van der Waals surface area contributed by atoms with Crippen LogP contribution in [0, 0.1) is 11.8 Å². The van der Waals surface area contributed by atoms with Crippen LogP contribution in [0.25, 0.3) is 0 Å². The predicted octanol–water partition coefficient (Wildman–Crippen LogP) is 2.93. The molecule has 1 aliphatic rings. The van der Waals surface area contributed by atoms with Gasteiger partial charge in [0.05, 0.1) is 12.3 Å². The number of pyridine rings is 1. The van der Waals surface area contributed by atoms with Crippen molar-refractivity contribution in [2.45, 2.75) is 39.7 Å². The highest BCUT2D eigenvalue weighted by Gasteiger charge is 2.20. The molecule has 0 saturated carbocycles. The van der Waals surface area contributed by atoms with E-state index in [0.717, 1.165) is 31.9 Å². The third kappa shape index (κ3) is 4.77. The summed E-state index contributed by atoms with van der Waals surface area (Å²) < 4.78 is 11.1. The van der Waals surface area contributed by atoms with Gasteiger partial charge < -0.3 is 20.5 Å². The number of nitrogen functional groups attached to an aromatic ring is 1. The smallest absolute Gasteiger partial charge is 0.239 e. The lowest BCUT2D eigenvalue weighted by atomic mass is 9.93. The Morgan fingerprint density at radius 1 is 1.33 bits per heavy atom. The second-order valence-electron chi connectivity index (χ2n) is 6.18. The number of nitrogens with zero attached hydrogens (tertiary/aromatic N) is 1. The number of aromatic nitrogens is 1. The van der Waals surface area contributed by atoms with Crippen molar-refractivity contribution in [3.63, 3.8) is 0 Å². The minimum atomic E-state index is 0.364. The molecule has 2 rings (SSSR count). The van der Waals surface area contributed by atoms with Crippen LogP contribution in [0.15, 0.2) is 12.1 Å². The van der Waals surface area contributed by atoms with Gasteiger partial charge in [-0.3, -0.25) is 0 Å². The van der Waals surface area contributed by atoms with Gasteiger partial charge in [0.1, 0.15) is 5.82 Å². The first-order chi connectivity index (χ1) is 10.1. The third-order valence-electron chi connectivity index (χ3n) is 3.79. The van der Waals surface area contributed by atoms with E-state index in [1.165, 1.54) is 0 Å². The van der Waals surface area contributed by atoms with Crippen LogP contribution in [0.3, 0.4) is 0 Å². The standard InChI is InChI=1S/C16H27N3O2/c1-11(2)10-21-16-14(17)4-5-15(19-16)18-12(3)13-6-8-20-9-7-13/h4-5,11-13H,6-10,17H2,1-3H3,(H,18,19). The van der Waals surface area contributed by atoms with Gasteiger partial charge >= 0.3 is 0 Å². The maximum atomic E-state index is 5.92. The third-order valence-corrected chi connectivity index (χ3v) is 3.79. The van der Waals surface area contributed by atoms with Crippen molar-refractivity contribution < 1.29 is 9.47 Å². The Morgan fingerprint density at radius 3 is 2.71 bits per heavy atom. The summed E-state index contributed by atoms with van der Waals surface area (Å²) in [4.78, 5) is 4.49. The highest BCUT2D eigenvalue weighted by molar-refractivity contribution is 5.53. The molecule has 118 valence electrons. The van der Waals surface area contributed by atoms with Crippen molar-refractivity contribution in [3.8, 4) is 5.88 Å². The molecular formula is C16H27N3O2. The Morgan fingerprint density at radius 2 is 2.05 bits per heavy atom. The highest BCUT2D eigenvalue weighted by atomic mass is 16.5. The normalized spacial score (nSPS) is 17.7. The zero-order valence-electron chi connectivity index (χ0n) is 13.3. The number of hydrogen-bond acceptors (Lipinski definition) is 5. The van der Waals surface area contributed by atoms with Gasteiger partial charge in [0.15, 0.2) is 0 Å². The van der Waals surface area contributed by atoms with Crippen molar-refractivity contribution in [1.82, 2.24) is 4.98 Å². The molecule has 5 heteroatoms. The largest absolute Gasteiger partial charge is 0.476 e. The van der Waals surface area contributed by atoms with Crippen molar-refractivity contribution >= 4 is 11.5 Å². The van der Waals surface area contributed by atoms with E-state index in [-0.39, 0.29) is 0 Å². The molecule has 21 heavy (non-hydrogen) atoms. The van der Waals surface area contributed by atoms with E-state index in [9.17, 15) is 0 Å². The summed E-state index contributed by atoms with van der Waals surface area (Å²) in [7, 11) is 0. The molecule has 0 spiro atoms. The minimum Gasteiger partial charge on any atom is -0.476 e. The lowest BCUT2D eigenvalue weighted by Gasteiger charge is -2.28. The Hall–Kier alpha value is -1.49. The van der Waals surface area contributed by atoms with E-state index in [2.05, 4.69) is 31.1 Å². The molecule has 0 aromatic carbocycles. The molecule has 1 atom stereocenters. The van der Waals surface area contributed by atoms with Gasteiger partial charge in [-0.2, -0.15) is 4.98 Å². The molecule has 3 N–H and O–H groups in total. The Kier molecular flexibility index (Phi) is 5.67. The SMILES string of the molecule is CC(C)COc1nc(NC(C)C2CCOCC2)ccc1N. The van der Waals surface area contributed by atoms with Crippen LogP contribution in [0.5, 0.6) is 5.88 Å². The lowest BCUT2D eigenvalue weighted by molar-refractivity contribution is 0.0622. The first kappa shape index (κ1) is 15.9. The number of rotatable bonds is 6. The number of nitrogens with one attached hydrogen (secondary N) is 1. The molecule has 1 unspecified atom stereocenters. The zero-order chi connectivity index (χ0) is 15.2. The van der Waals surface area contributed by atoms with Crippen molar-refractivity contribution in [3.05, 3.63) is 12.1 Å². The van der Waals surface area contributed by atoms with E-state index in [1.807, 2.05) is 12.1 Å². The van der Waals surface area contributed by atoms with Gasteiger partial charge in [-0.05, 0) is 43.7 Å². The molecule has 2 heterocycles. The fourth-order valence-corrected chi connectivity index (χ4v) is 2.46. The maximum Gasteiger partial charge on any atom is 0.239 e. The summed E-state index contributed by atoms with van der Waals surface area (Å²) in [6, 6.07) is 4.12. The van der Waals surface area contributed by atoms with Crippen LogP contribution in [-0.2, 0) is 4.74 Å². The molecule has 1 saturated heterocycles. The highest BCUT2D eigenvalue weighted by Crippen LogP contribution is 2.25. The van der Waals surface area contributed by atoms with E-state index < -0.39 is 0 Å². The molecular weight excluding hydrogens is 266 g/mol. The lowest BCUT2D eigenvalue weighted by Crippen LogP contribution is -2.31.